The molecular formula is C14H25N3. The molecule has 3 heteroatoms. The van der Waals surface area contributed by atoms with Crippen molar-refractivity contribution in [2.24, 2.45) is 11.8 Å². The summed E-state index contributed by atoms with van der Waals surface area (Å²) in [7, 11) is 0. The molecule has 0 aromatic carbocycles. The molecule has 0 amide bonds. The first-order valence-electron chi connectivity index (χ1n) is 6.89. The fourth-order valence-electron chi connectivity index (χ4n) is 2.97. The number of anilines is 1. The molecule has 2 N–H and O–H groups in total. The van der Waals surface area contributed by atoms with Crippen LogP contribution in [0.2, 0.25) is 0 Å². The Morgan fingerprint density at radius 3 is 2.65 bits per heavy atom. The lowest BCUT2D eigenvalue weighted by molar-refractivity contribution is 0.332. The lowest BCUT2D eigenvalue weighted by Crippen LogP contribution is -2.13. The van der Waals surface area contributed by atoms with E-state index in [1.807, 2.05) is 13.1 Å². The normalized spacial score (nSPS) is 26.1. The molecule has 0 bridgehead atoms. The largest absolute Gasteiger partial charge is 0.384 e. The second-order valence-corrected chi connectivity index (χ2v) is 5.82. The zero-order valence-corrected chi connectivity index (χ0v) is 11.3. The third-order valence-electron chi connectivity index (χ3n) is 4.30. The molecule has 2 rings (SSSR count). The molecule has 1 aliphatic rings. The Morgan fingerprint density at radius 2 is 2.06 bits per heavy atom. The van der Waals surface area contributed by atoms with Gasteiger partial charge in [-0.15, -0.1) is 0 Å². The summed E-state index contributed by atoms with van der Waals surface area (Å²) in [5.41, 5.74) is 7.19. The molecular weight excluding hydrogens is 210 g/mol. The van der Waals surface area contributed by atoms with E-state index in [1.165, 1.54) is 32.1 Å². The van der Waals surface area contributed by atoms with Crippen LogP contribution >= 0.6 is 0 Å². The van der Waals surface area contributed by atoms with Gasteiger partial charge in [-0.3, -0.25) is 0 Å². The van der Waals surface area contributed by atoms with E-state index in [4.69, 9.17) is 5.73 Å². The Kier molecular flexibility index (Phi) is 3.75. The van der Waals surface area contributed by atoms with Gasteiger partial charge in [-0.1, -0.05) is 26.7 Å². The van der Waals surface area contributed by atoms with Gasteiger partial charge in [-0.25, -0.2) is 4.68 Å². The first kappa shape index (κ1) is 12.5. The molecule has 0 aliphatic heterocycles. The molecule has 1 aromatic rings. The Bertz CT molecular complexity index is 368. The second kappa shape index (κ2) is 5.11. The maximum Gasteiger partial charge on any atom is 0.124 e. The predicted octanol–water partition coefficient (Wildman–Crippen LogP) is 3.55. The summed E-state index contributed by atoms with van der Waals surface area (Å²) in [4.78, 5) is 0. The van der Waals surface area contributed by atoms with E-state index in [0.717, 1.165) is 23.2 Å². The molecule has 96 valence electrons. The van der Waals surface area contributed by atoms with Crippen LogP contribution < -0.4 is 5.73 Å². The third kappa shape index (κ3) is 2.64. The average Bonchev–Trinajstić information content (AvgIpc) is 2.55. The summed E-state index contributed by atoms with van der Waals surface area (Å²) in [6, 6.07) is 0.521. The number of hydrogen-bond donors (Lipinski definition) is 1. The average molecular weight is 235 g/mol. The van der Waals surface area contributed by atoms with E-state index in [2.05, 4.69) is 23.6 Å². The van der Waals surface area contributed by atoms with Crippen LogP contribution in [-0.2, 0) is 0 Å². The van der Waals surface area contributed by atoms with Gasteiger partial charge in [0.2, 0.25) is 0 Å². The smallest absolute Gasteiger partial charge is 0.124 e. The van der Waals surface area contributed by atoms with Gasteiger partial charge in [0.05, 0.1) is 12.2 Å². The number of hydrogen-bond acceptors (Lipinski definition) is 2. The van der Waals surface area contributed by atoms with E-state index in [-0.39, 0.29) is 0 Å². The van der Waals surface area contributed by atoms with Gasteiger partial charge >= 0.3 is 0 Å². The van der Waals surface area contributed by atoms with Crippen LogP contribution in [0, 0.1) is 18.8 Å². The number of nitrogen functional groups attached to an aromatic ring is 1. The standard InChI is InChI=1S/C14H25N3/c1-10(2)12-5-4-6-13(8-7-12)17-14(15)11(3)9-16-17/h9-10,12-13H,4-8,15H2,1-3H3. The highest BCUT2D eigenvalue weighted by Gasteiger charge is 2.23. The van der Waals surface area contributed by atoms with E-state index in [9.17, 15) is 0 Å². The van der Waals surface area contributed by atoms with Crippen molar-refractivity contribution < 1.29 is 0 Å². The molecule has 1 fully saturated rings. The van der Waals surface area contributed by atoms with Crippen LogP contribution in [0.25, 0.3) is 0 Å². The fraction of sp³-hybridized carbons (Fsp3) is 0.786. The topological polar surface area (TPSA) is 43.8 Å². The quantitative estimate of drug-likeness (QED) is 0.797. The van der Waals surface area contributed by atoms with Gasteiger partial charge < -0.3 is 5.73 Å². The zero-order valence-electron chi connectivity index (χ0n) is 11.3. The van der Waals surface area contributed by atoms with Gasteiger partial charge in [-0.05, 0) is 38.0 Å². The Balaban J connectivity index is 2.06. The summed E-state index contributed by atoms with van der Waals surface area (Å²) in [6.45, 7) is 6.72. The summed E-state index contributed by atoms with van der Waals surface area (Å²) < 4.78 is 2.05. The van der Waals surface area contributed by atoms with Crippen molar-refractivity contribution in [3.63, 3.8) is 0 Å². The molecule has 2 unspecified atom stereocenters. The SMILES string of the molecule is Cc1cnn(C2CCCC(C(C)C)CC2)c1N. The minimum atomic E-state index is 0.521. The van der Waals surface area contributed by atoms with Gasteiger partial charge in [0.1, 0.15) is 5.82 Å². The van der Waals surface area contributed by atoms with Crippen LogP contribution in [0.15, 0.2) is 6.20 Å². The van der Waals surface area contributed by atoms with Crippen LogP contribution in [0.4, 0.5) is 5.82 Å². The maximum absolute atomic E-state index is 6.08. The molecule has 3 nitrogen and oxygen atoms in total. The molecule has 1 aromatic heterocycles. The lowest BCUT2D eigenvalue weighted by Gasteiger charge is -2.19. The van der Waals surface area contributed by atoms with Crippen LogP contribution in [-0.4, -0.2) is 9.78 Å². The van der Waals surface area contributed by atoms with Crippen molar-refractivity contribution in [1.82, 2.24) is 9.78 Å². The van der Waals surface area contributed by atoms with Crippen LogP contribution in [0.3, 0.4) is 0 Å². The van der Waals surface area contributed by atoms with Crippen molar-refractivity contribution >= 4 is 5.82 Å². The van der Waals surface area contributed by atoms with Crippen LogP contribution in [0.1, 0.15) is 57.6 Å². The first-order chi connectivity index (χ1) is 8.09. The van der Waals surface area contributed by atoms with Crippen molar-refractivity contribution in [3.8, 4) is 0 Å². The van der Waals surface area contributed by atoms with Gasteiger partial charge in [0.15, 0.2) is 0 Å². The fourth-order valence-corrected chi connectivity index (χ4v) is 2.97. The van der Waals surface area contributed by atoms with Gasteiger partial charge in [0.25, 0.3) is 0 Å². The maximum atomic E-state index is 6.08. The molecule has 17 heavy (non-hydrogen) atoms. The third-order valence-corrected chi connectivity index (χ3v) is 4.30. The monoisotopic (exact) mass is 235 g/mol. The molecule has 1 aliphatic carbocycles. The molecule has 2 atom stereocenters. The van der Waals surface area contributed by atoms with Crippen molar-refractivity contribution in [2.45, 2.75) is 58.9 Å². The number of aryl methyl sites for hydroxylation is 1. The van der Waals surface area contributed by atoms with E-state index < -0.39 is 0 Å². The van der Waals surface area contributed by atoms with Gasteiger partial charge in [-0.2, -0.15) is 5.10 Å². The summed E-state index contributed by atoms with van der Waals surface area (Å²) >= 11 is 0. The highest BCUT2D eigenvalue weighted by Crippen LogP contribution is 2.34. The molecule has 0 radical (unpaired) electrons. The molecule has 0 spiro atoms. The molecule has 0 saturated heterocycles. The highest BCUT2D eigenvalue weighted by atomic mass is 15.3. The van der Waals surface area contributed by atoms with E-state index in [0.29, 0.717) is 6.04 Å². The molecule has 1 heterocycles. The minimum absolute atomic E-state index is 0.521. The minimum Gasteiger partial charge on any atom is -0.384 e. The number of nitrogens with zero attached hydrogens (tertiary/aromatic N) is 2. The van der Waals surface area contributed by atoms with Crippen molar-refractivity contribution in [2.75, 3.05) is 5.73 Å². The summed E-state index contributed by atoms with van der Waals surface area (Å²) in [5.74, 6) is 2.56. The highest BCUT2D eigenvalue weighted by molar-refractivity contribution is 5.37. The first-order valence-corrected chi connectivity index (χ1v) is 6.89. The Labute approximate surface area is 104 Å². The molecule has 1 saturated carbocycles. The second-order valence-electron chi connectivity index (χ2n) is 5.82. The number of rotatable bonds is 2. The zero-order chi connectivity index (χ0) is 12.4. The van der Waals surface area contributed by atoms with Crippen molar-refractivity contribution in [1.29, 1.82) is 0 Å². The number of aromatic nitrogens is 2. The van der Waals surface area contributed by atoms with Crippen LogP contribution in [0.5, 0.6) is 0 Å². The Hall–Kier alpha value is -0.990. The summed E-state index contributed by atoms with van der Waals surface area (Å²) in [6.07, 6.45) is 8.35. The van der Waals surface area contributed by atoms with E-state index >= 15 is 0 Å². The summed E-state index contributed by atoms with van der Waals surface area (Å²) in [5, 5.41) is 4.44. The van der Waals surface area contributed by atoms with Gasteiger partial charge in [0, 0.05) is 5.56 Å². The van der Waals surface area contributed by atoms with E-state index in [1.54, 1.807) is 0 Å². The predicted molar refractivity (Wildman–Crippen MR) is 71.8 cm³/mol. The Morgan fingerprint density at radius 1 is 1.29 bits per heavy atom. The lowest BCUT2D eigenvalue weighted by atomic mass is 9.89. The van der Waals surface area contributed by atoms with Crippen molar-refractivity contribution in [3.05, 3.63) is 11.8 Å². The number of nitrogens with two attached hydrogens (primary N) is 1.